The average Bonchev–Trinajstić information content (AvgIpc) is 4.20. The maximum Gasteiger partial charge on any atom is 0.350 e. The van der Waals surface area contributed by atoms with Gasteiger partial charge in [0.2, 0.25) is 5.78 Å². The zero-order valence-corrected chi connectivity index (χ0v) is 46.7. The molecule has 78 heavy (non-hydrogen) atoms. The molecular formula is C65H88N6O7. The van der Waals surface area contributed by atoms with Crippen LogP contribution in [0, 0.1) is 46.8 Å². The van der Waals surface area contributed by atoms with Crippen LogP contribution in [0.15, 0.2) is 100 Å². The average molecular weight is 1070 g/mol. The number of allylic oxidation sites excluding steroid dienone is 8. The van der Waals surface area contributed by atoms with Crippen LogP contribution in [0.4, 0.5) is 0 Å². The molecule has 12 rings (SSSR count). The number of ketones is 2. The summed E-state index contributed by atoms with van der Waals surface area (Å²) in [4.78, 5) is 48.3. The van der Waals surface area contributed by atoms with E-state index in [1.54, 1.807) is 6.07 Å². The summed E-state index contributed by atoms with van der Waals surface area (Å²) in [6, 6.07) is 5.58. The van der Waals surface area contributed by atoms with Crippen molar-refractivity contribution in [1.82, 2.24) is 26.6 Å². The number of rotatable bonds is 13. The summed E-state index contributed by atoms with van der Waals surface area (Å²) in [5, 5.41) is 40.4. The number of nitrogens with one attached hydrogen (secondary N) is 5. The minimum Gasteiger partial charge on any atom is -0.459 e. The lowest BCUT2D eigenvalue weighted by atomic mass is 9.56. The zero-order valence-electron chi connectivity index (χ0n) is 46.7. The Morgan fingerprint density at radius 3 is 2.60 bits per heavy atom. The molecule has 6 aliphatic carbocycles. The number of benzene rings is 1. The van der Waals surface area contributed by atoms with Crippen molar-refractivity contribution in [3.63, 3.8) is 0 Å². The molecular weight excluding hydrogens is 977 g/mol. The highest BCUT2D eigenvalue weighted by molar-refractivity contribution is 6.33. The fourth-order valence-electron chi connectivity index (χ4n) is 17.3. The Bertz CT molecular complexity index is 2770. The molecule has 11 aliphatic rings. The molecule has 5 aliphatic heterocycles. The second-order valence-corrected chi connectivity index (χ2v) is 26.3. The quantitative estimate of drug-likeness (QED) is 0.0405. The summed E-state index contributed by atoms with van der Waals surface area (Å²) in [6.45, 7) is 5.55. The van der Waals surface area contributed by atoms with Crippen molar-refractivity contribution in [1.29, 1.82) is 0 Å². The lowest BCUT2D eigenvalue weighted by Crippen LogP contribution is -2.63. The van der Waals surface area contributed by atoms with Crippen molar-refractivity contribution in [2.75, 3.05) is 33.4 Å². The van der Waals surface area contributed by atoms with Gasteiger partial charge in [0.1, 0.15) is 11.9 Å². The second kappa shape index (κ2) is 21.7. The first-order valence-corrected chi connectivity index (χ1v) is 30.5. The minimum absolute atomic E-state index is 0.0531. The van der Waals surface area contributed by atoms with E-state index >= 15 is 14.4 Å². The van der Waals surface area contributed by atoms with Gasteiger partial charge in [-0.05, 0) is 197 Å². The Kier molecular flexibility index (Phi) is 15.0. The van der Waals surface area contributed by atoms with Crippen LogP contribution in [-0.4, -0.2) is 96.3 Å². The van der Waals surface area contributed by atoms with Gasteiger partial charge in [-0.15, -0.1) is 0 Å². The molecule has 13 unspecified atom stereocenters. The Labute approximate surface area is 462 Å². The van der Waals surface area contributed by atoms with E-state index in [1.165, 1.54) is 48.8 Å². The topological polar surface area (TPSA) is 200 Å². The van der Waals surface area contributed by atoms with Crippen LogP contribution in [0.5, 0.6) is 0 Å². The number of nitrogens with two attached hydrogens (primary N) is 1. The van der Waals surface area contributed by atoms with Gasteiger partial charge < -0.3 is 52.0 Å². The molecule has 1 aromatic carbocycles. The molecule has 13 nitrogen and oxygen atoms in total. The number of epoxide rings is 1. The van der Waals surface area contributed by atoms with Crippen LogP contribution in [0.3, 0.4) is 0 Å². The number of hydrogen-bond acceptors (Lipinski definition) is 13. The first-order valence-electron chi connectivity index (χ1n) is 30.5. The summed E-state index contributed by atoms with van der Waals surface area (Å²) in [7, 11) is 2.00. The molecule has 1 saturated heterocycles. The maximum absolute atomic E-state index is 16.2. The lowest BCUT2D eigenvalue weighted by molar-refractivity contribution is -0.167. The van der Waals surface area contributed by atoms with Crippen molar-refractivity contribution in [3.8, 4) is 0 Å². The number of hydrogen-bond donors (Lipinski definition) is 8. The van der Waals surface area contributed by atoms with Crippen molar-refractivity contribution in [2.24, 2.45) is 52.6 Å². The summed E-state index contributed by atoms with van der Waals surface area (Å²) in [5.41, 5.74) is 9.27. The molecule has 420 valence electrons. The normalized spacial score (nSPS) is 38.4. The second-order valence-electron chi connectivity index (χ2n) is 26.3. The van der Waals surface area contributed by atoms with E-state index in [2.05, 4.69) is 63.9 Å². The first kappa shape index (κ1) is 54.0. The largest absolute Gasteiger partial charge is 0.459 e. The molecule has 1 aromatic rings. The highest BCUT2D eigenvalue weighted by atomic mass is 16.7. The van der Waals surface area contributed by atoms with Gasteiger partial charge in [0.25, 0.3) is 5.60 Å². The Morgan fingerprint density at radius 2 is 1.81 bits per heavy atom. The SMILES string of the molecule is CNC1CC2CCC(CC(C)=C(CO)CC34OC35C(=O)OC3C(CCO)CCC6(NCC7CCCCC7)C=C7C=CCC(CCCCC(C)(CC8=CNC(N)C=C8)Cc8cccc(c8C5=O)C4=O)C7CC36)C3=CCNC(=C32)N1. The third kappa shape index (κ3) is 9.55. The van der Waals surface area contributed by atoms with Crippen LogP contribution in [0.2, 0.25) is 0 Å². The van der Waals surface area contributed by atoms with E-state index in [1.807, 2.05) is 38.4 Å². The Balaban J connectivity index is 0.948. The van der Waals surface area contributed by atoms with Crippen molar-refractivity contribution >= 4 is 17.5 Å². The van der Waals surface area contributed by atoms with Crippen molar-refractivity contribution in [3.05, 3.63) is 117 Å². The molecule has 5 heterocycles. The summed E-state index contributed by atoms with van der Waals surface area (Å²) in [5.74, 6) is 0.973. The van der Waals surface area contributed by atoms with Gasteiger partial charge >= 0.3 is 5.97 Å². The summed E-state index contributed by atoms with van der Waals surface area (Å²) in [6.07, 6.45) is 33.9. The fraction of sp³-hybridized carbons (Fsp3) is 0.646. The first-order chi connectivity index (χ1) is 37.8. The van der Waals surface area contributed by atoms with Crippen molar-refractivity contribution in [2.45, 2.75) is 184 Å². The number of aliphatic hydroxyl groups excluding tert-OH is 2. The molecule has 13 atom stereocenters. The smallest absolute Gasteiger partial charge is 0.350 e. The van der Waals surface area contributed by atoms with Gasteiger partial charge in [-0.2, -0.15) is 0 Å². The van der Waals surface area contributed by atoms with E-state index in [9.17, 15) is 10.2 Å². The molecule has 4 bridgehead atoms. The Hall–Kier alpha value is -4.63. The van der Waals surface area contributed by atoms with Crippen LogP contribution in [0.25, 0.3) is 0 Å². The number of esters is 1. The van der Waals surface area contributed by atoms with Crippen LogP contribution < -0.4 is 32.3 Å². The van der Waals surface area contributed by atoms with Crippen molar-refractivity contribution < 1.29 is 34.1 Å². The number of carbonyl (C=O) groups is 3. The standard InChI is InChI=1S/C65H88N6O7/c1-39(29-44-19-20-45-30-54(67-3)71-60-56(45)49(44)23-27-68-60)48(38-73)35-64-58(74)50-17-10-16-47-33-62(2,32-41-18-21-53(66)69-36-41)25-8-7-13-42-14-9-15-46-34-63(70-37-40-11-5-4-6-12-40)26-22-43(24-28-72)57(52(63)31-51(42)46)77-61(76)65(64,78-64)59(75)55(47)50/h9-10,15-18,21,23,34,36,40,42-45,51-54,57,67-73H,4-8,11-14,19-20,22,24-33,35,37-38,66H2,1-3H3. The molecule has 9 N–H and O–H groups in total. The number of carbonyl (C=O) groups excluding carboxylic acids is 3. The minimum atomic E-state index is -2.26. The highest BCUT2D eigenvalue weighted by Gasteiger charge is 2.86. The zero-order chi connectivity index (χ0) is 54.0. The predicted molar refractivity (Wildman–Crippen MR) is 302 cm³/mol. The number of aliphatic hydroxyl groups is 2. The van der Waals surface area contributed by atoms with E-state index in [-0.39, 0.29) is 72.2 Å². The number of Topliss-reactive ketones (excluding diaryl/α,β-unsaturated/α-hetero) is 2. The van der Waals surface area contributed by atoms with Gasteiger partial charge in [0, 0.05) is 48.4 Å². The molecule has 0 radical (unpaired) electrons. The van der Waals surface area contributed by atoms with Crippen LogP contribution in [-0.2, 0) is 20.7 Å². The Morgan fingerprint density at radius 1 is 0.962 bits per heavy atom. The van der Waals surface area contributed by atoms with Crippen LogP contribution >= 0.6 is 0 Å². The molecule has 0 aromatic heterocycles. The molecule has 1 spiro atoms. The van der Waals surface area contributed by atoms with E-state index in [0.717, 1.165) is 113 Å². The molecule has 3 saturated carbocycles. The number of ether oxygens (including phenoxy) is 2. The van der Waals surface area contributed by atoms with E-state index in [0.29, 0.717) is 42.6 Å². The summed E-state index contributed by atoms with van der Waals surface area (Å²) < 4.78 is 14.0. The van der Waals surface area contributed by atoms with Gasteiger partial charge in [-0.1, -0.05) is 93.2 Å². The monoisotopic (exact) mass is 1060 g/mol. The highest BCUT2D eigenvalue weighted by Crippen LogP contribution is 2.62. The molecule has 13 heteroatoms. The maximum atomic E-state index is 16.2. The molecule has 0 amide bonds. The molecule has 4 fully saturated rings. The third-order valence-corrected chi connectivity index (χ3v) is 21.5. The van der Waals surface area contributed by atoms with Gasteiger partial charge in [-0.3, -0.25) is 9.59 Å². The van der Waals surface area contributed by atoms with Gasteiger partial charge in [-0.25, -0.2) is 4.79 Å². The van der Waals surface area contributed by atoms with Gasteiger partial charge in [0.15, 0.2) is 11.4 Å². The van der Waals surface area contributed by atoms with Crippen LogP contribution in [0.1, 0.15) is 169 Å². The lowest BCUT2D eigenvalue weighted by Gasteiger charge is -2.55. The van der Waals surface area contributed by atoms with Gasteiger partial charge in [0.05, 0.1) is 18.9 Å². The number of dihydropyridines is 2. The van der Waals surface area contributed by atoms with E-state index < -0.39 is 40.4 Å². The predicted octanol–water partition coefficient (Wildman–Crippen LogP) is 8.56. The fourth-order valence-corrected chi connectivity index (χ4v) is 17.3. The summed E-state index contributed by atoms with van der Waals surface area (Å²) >= 11 is 0. The van der Waals surface area contributed by atoms with E-state index in [4.69, 9.17) is 15.2 Å². The third-order valence-electron chi connectivity index (χ3n) is 21.5.